The molecular formula is C14H9BrF2N2OS. The summed E-state index contributed by atoms with van der Waals surface area (Å²) in [6.07, 6.45) is 0. The molecule has 0 aliphatic carbocycles. The molecule has 7 heteroatoms. The molecule has 0 spiro atoms. The molecule has 0 unspecified atom stereocenters. The van der Waals surface area contributed by atoms with E-state index >= 15 is 0 Å². The molecule has 0 saturated heterocycles. The summed E-state index contributed by atoms with van der Waals surface area (Å²) in [6.45, 7) is -2.81. The molecule has 1 N–H and O–H groups in total. The first kappa shape index (κ1) is 14.2. The van der Waals surface area contributed by atoms with Gasteiger partial charge in [-0.3, -0.25) is 0 Å². The molecule has 21 heavy (non-hydrogen) atoms. The number of alkyl halides is 2. The second kappa shape index (κ2) is 5.95. The standard InChI is InChI=1S/C14H9BrF2N2OS/c15-8-1-6-12-11(7-8)19-14(21-12)18-9-2-4-10(5-3-9)20-13(16)17/h1-7,13H,(H,18,19). The molecular weight excluding hydrogens is 362 g/mol. The zero-order valence-corrected chi connectivity index (χ0v) is 12.9. The van der Waals surface area contributed by atoms with E-state index in [4.69, 9.17) is 0 Å². The summed E-state index contributed by atoms with van der Waals surface area (Å²) in [4.78, 5) is 4.47. The van der Waals surface area contributed by atoms with Gasteiger partial charge in [-0.25, -0.2) is 4.98 Å². The minimum atomic E-state index is -2.81. The number of ether oxygens (including phenoxy) is 1. The summed E-state index contributed by atoms with van der Waals surface area (Å²) < 4.78 is 30.5. The number of rotatable bonds is 4. The van der Waals surface area contributed by atoms with Crippen LogP contribution in [0.4, 0.5) is 19.6 Å². The van der Waals surface area contributed by atoms with Gasteiger partial charge in [-0.15, -0.1) is 0 Å². The van der Waals surface area contributed by atoms with Crippen LogP contribution in [-0.2, 0) is 0 Å². The van der Waals surface area contributed by atoms with Crippen molar-refractivity contribution in [3.05, 3.63) is 46.9 Å². The van der Waals surface area contributed by atoms with Crippen molar-refractivity contribution in [2.75, 3.05) is 5.32 Å². The first-order chi connectivity index (χ1) is 10.1. The molecule has 3 aromatic rings. The molecule has 0 atom stereocenters. The Hall–Kier alpha value is -1.73. The van der Waals surface area contributed by atoms with Crippen molar-refractivity contribution in [2.45, 2.75) is 6.61 Å². The van der Waals surface area contributed by atoms with Gasteiger partial charge in [0.25, 0.3) is 0 Å². The highest BCUT2D eigenvalue weighted by atomic mass is 79.9. The van der Waals surface area contributed by atoms with Gasteiger partial charge in [-0.05, 0) is 42.5 Å². The van der Waals surface area contributed by atoms with E-state index in [2.05, 4.69) is 31.0 Å². The topological polar surface area (TPSA) is 34.1 Å². The molecule has 0 bridgehead atoms. The number of anilines is 2. The first-order valence-corrected chi connectivity index (χ1v) is 7.59. The van der Waals surface area contributed by atoms with Crippen LogP contribution in [0.3, 0.4) is 0 Å². The van der Waals surface area contributed by atoms with Crippen molar-refractivity contribution >= 4 is 48.3 Å². The molecule has 0 saturated carbocycles. The van der Waals surface area contributed by atoms with E-state index < -0.39 is 6.61 Å². The third-order valence-corrected chi connectivity index (χ3v) is 4.13. The Morgan fingerprint density at radius 3 is 2.62 bits per heavy atom. The highest BCUT2D eigenvalue weighted by Crippen LogP contribution is 2.30. The van der Waals surface area contributed by atoms with E-state index in [1.165, 1.54) is 23.5 Å². The second-order valence-corrected chi connectivity index (χ2v) is 6.11. The summed E-state index contributed by atoms with van der Waals surface area (Å²) in [5.74, 6) is 0.129. The van der Waals surface area contributed by atoms with Gasteiger partial charge in [0, 0.05) is 10.2 Å². The number of halogens is 3. The van der Waals surface area contributed by atoms with Crippen molar-refractivity contribution < 1.29 is 13.5 Å². The Morgan fingerprint density at radius 2 is 1.90 bits per heavy atom. The van der Waals surface area contributed by atoms with E-state index in [0.29, 0.717) is 0 Å². The molecule has 1 heterocycles. The average molecular weight is 371 g/mol. The molecule has 1 aromatic heterocycles. The summed E-state index contributed by atoms with van der Waals surface area (Å²) >= 11 is 4.93. The average Bonchev–Trinajstić information content (AvgIpc) is 2.82. The molecule has 0 radical (unpaired) electrons. The minimum absolute atomic E-state index is 0.129. The predicted octanol–water partition coefficient (Wildman–Crippen LogP) is 5.40. The second-order valence-electron chi connectivity index (χ2n) is 4.16. The van der Waals surface area contributed by atoms with Crippen LogP contribution in [-0.4, -0.2) is 11.6 Å². The largest absolute Gasteiger partial charge is 0.435 e. The van der Waals surface area contributed by atoms with Crippen LogP contribution in [0.5, 0.6) is 5.75 Å². The van der Waals surface area contributed by atoms with Gasteiger partial charge >= 0.3 is 6.61 Å². The van der Waals surface area contributed by atoms with Gasteiger partial charge in [-0.1, -0.05) is 27.3 Å². The number of thiazole rings is 1. The quantitative estimate of drug-likeness (QED) is 0.667. The molecule has 3 nitrogen and oxygen atoms in total. The van der Waals surface area contributed by atoms with Crippen LogP contribution in [0.2, 0.25) is 0 Å². The fourth-order valence-corrected chi connectivity index (χ4v) is 3.01. The van der Waals surface area contributed by atoms with E-state index in [1.807, 2.05) is 18.2 Å². The summed E-state index contributed by atoms with van der Waals surface area (Å²) in [6, 6.07) is 12.2. The smallest absolute Gasteiger partial charge is 0.387 e. The maximum atomic E-state index is 12.1. The van der Waals surface area contributed by atoms with Crippen LogP contribution >= 0.6 is 27.3 Å². The molecule has 0 amide bonds. The van der Waals surface area contributed by atoms with Gasteiger partial charge in [0.1, 0.15) is 5.75 Å². The fourth-order valence-electron chi connectivity index (χ4n) is 1.80. The monoisotopic (exact) mass is 370 g/mol. The molecule has 2 aromatic carbocycles. The van der Waals surface area contributed by atoms with E-state index in [1.54, 1.807) is 12.1 Å². The number of aromatic nitrogens is 1. The molecule has 0 fully saturated rings. The lowest BCUT2D eigenvalue weighted by molar-refractivity contribution is -0.0498. The number of fused-ring (bicyclic) bond motifs is 1. The van der Waals surface area contributed by atoms with Gasteiger partial charge in [0.2, 0.25) is 0 Å². The predicted molar refractivity (Wildman–Crippen MR) is 83.7 cm³/mol. The zero-order valence-electron chi connectivity index (χ0n) is 10.5. The van der Waals surface area contributed by atoms with Gasteiger partial charge in [-0.2, -0.15) is 8.78 Å². The van der Waals surface area contributed by atoms with E-state index in [-0.39, 0.29) is 5.75 Å². The Bertz CT molecular complexity index is 761. The van der Waals surface area contributed by atoms with Crippen molar-refractivity contribution in [1.82, 2.24) is 4.98 Å². The molecule has 0 aliphatic rings. The highest BCUT2D eigenvalue weighted by Gasteiger charge is 2.06. The number of nitrogens with one attached hydrogen (secondary N) is 1. The summed E-state index contributed by atoms with van der Waals surface area (Å²) in [7, 11) is 0. The van der Waals surface area contributed by atoms with Crippen LogP contribution in [0.15, 0.2) is 46.9 Å². The van der Waals surface area contributed by atoms with Crippen LogP contribution in [0, 0.1) is 0 Å². The first-order valence-electron chi connectivity index (χ1n) is 5.98. The van der Waals surface area contributed by atoms with E-state index in [0.717, 1.165) is 25.5 Å². The molecule has 0 aliphatic heterocycles. The number of benzene rings is 2. The van der Waals surface area contributed by atoms with Crippen molar-refractivity contribution in [2.24, 2.45) is 0 Å². The van der Waals surface area contributed by atoms with Crippen molar-refractivity contribution in [3.63, 3.8) is 0 Å². The van der Waals surface area contributed by atoms with Crippen LogP contribution < -0.4 is 10.1 Å². The number of hydrogen-bond donors (Lipinski definition) is 1. The fraction of sp³-hybridized carbons (Fsp3) is 0.0714. The lowest BCUT2D eigenvalue weighted by atomic mass is 10.3. The Morgan fingerprint density at radius 1 is 1.14 bits per heavy atom. The third kappa shape index (κ3) is 3.48. The zero-order chi connectivity index (χ0) is 14.8. The molecule has 108 valence electrons. The lowest BCUT2D eigenvalue weighted by Gasteiger charge is -2.06. The summed E-state index contributed by atoms with van der Waals surface area (Å²) in [5.41, 5.74) is 1.66. The van der Waals surface area contributed by atoms with Crippen LogP contribution in [0.1, 0.15) is 0 Å². The van der Waals surface area contributed by atoms with Crippen LogP contribution in [0.25, 0.3) is 10.2 Å². The maximum absolute atomic E-state index is 12.1. The van der Waals surface area contributed by atoms with Crippen molar-refractivity contribution in [1.29, 1.82) is 0 Å². The normalized spacial score (nSPS) is 11.0. The minimum Gasteiger partial charge on any atom is -0.435 e. The summed E-state index contributed by atoms with van der Waals surface area (Å²) in [5, 5.41) is 3.88. The van der Waals surface area contributed by atoms with E-state index in [9.17, 15) is 8.78 Å². The highest BCUT2D eigenvalue weighted by molar-refractivity contribution is 9.10. The molecule has 3 rings (SSSR count). The number of nitrogens with zero attached hydrogens (tertiary/aromatic N) is 1. The van der Waals surface area contributed by atoms with Crippen molar-refractivity contribution in [3.8, 4) is 5.75 Å². The number of hydrogen-bond acceptors (Lipinski definition) is 4. The lowest BCUT2D eigenvalue weighted by Crippen LogP contribution is -2.01. The Balaban J connectivity index is 1.78. The van der Waals surface area contributed by atoms with Gasteiger partial charge in [0.15, 0.2) is 5.13 Å². The van der Waals surface area contributed by atoms with Gasteiger partial charge in [0.05, 0.1) is 10.2 Å². The third-order valence-electron chi connectivity index (χ3n) is 2.68. The Labute approximate surface area is 131 Å². The maximum Gasteiger partial charge on any atom is 0.387 e. The SMILES string of the molecule is FC(F)Oc1ccc(Nc2nc3cc(Br)ccc3s2)cc1. The van der Waals surface area contributed by atoms with Gasteiger partial charge < -0.3 is 10.1 Å². The Kier molecular flexibility index (Phi) is 4.03.